The van der Waals surface area contributed by atoms with Gasteiger partial charge in [0.2, 0.25) is 0 Å². The van der Waals surface area contributed by atoms with Crippen LogP contribution in [0.1, 0.15) is 26.2 Å². The molecule has 1 unspecified atom stereocenters. The minimum absolute atomic E-state index is 0.313. The molecule has 1 aliphatic carbocycles. The Morgan fingerprint density at radius 2 is 2.31 bits per heavy atom. The van der Waals surface area contributed by atoms with Crippen LogP contribution in [0.2, 0.25) is 0 Å². The van der Waals surface area contributed by atoms with Gasteiger partial charge >= 0.3 is 0 Å². The Morgan fingerprint density at radius 1 is 1.46 bits per heavy atom. The Bertz CT molecular complexity index is 218. The van der Waals surface area contributed by atoms with Crippen LogP contribution in [0.3, 0.4) is 0 Å². The van der Waals surface area contributed by atoms with Gasteiger partial charge in [0.1, 0.15) is 0 Å². The van der Waals surface area contributed by atoms with Gasteiger partial charge in [0.15, 0.2) is 5.90 Å². The van der Waals surface area contributed by atoms with Crippen molar-refractivity contribution < 1.29 is 4.74 Å². The highest BCUT2D eigenvalue weighted by Crippen LogP contribution is 2.15. The second-order valence-electron chi connectivity index (χ2n) is 3.32. The van der Waals surface area contributed by atoms with E-state index in [4.69, 9.17) is 10.1 Å². The lowest BCUT2D eigenvalue weighted by atomic mass is 10.0. The molecule has 0 fully saturated rings. The van der Waals surface area contributed by atoms with Crippen molar-refractivity contribution >= 4 is 5.90 Å². The van der Waals surface area contributed by atoms with Crippen molar-refractivity contribution in [2.75, 3.05) is 6.61 Å². The molecular weight excluding hydrogens is 162 g/mol. The lowest BCUT2D eigenvalue weighted by molar-refractivity contribution is 0.275. The zero-order valence-electron chi connectivity index (χ0n) is 8.12. The largest absolute Gasteiger partial charge is 0.481 e. The number of allylic oxidation sites excluding steroid dienone is 4. The van der Waals surface area contributed by atoms with Crippen LogP contribution < -0.4 is 0 Å². The lowest BCUT2D eigenvalue weighted by Gasteiger charge is -2.09. The molecule has 0 spiro atoms. The first-order valence-corrected chi connectivity index (χ1v) is 4.78. The first-order valence-electron chi connectivity index (χ1n) is 4.78. The molecule has 0 aromatic heterocycles. The summed E-state index contributed by atoms with van der Waals surface area (Å²) < 4.78 is 5.11. The molecule has 72 valence electrons. The molecule has 2 nitrogen and oxygen atoms in total. The van der Waals surface area contributed by atoms with Gasteiger partial charge in [0, 0.05) is 6.92 Å². The molecular formula is C11H17NO. The van der Waals surface area contributed by atoms with E-state index in [0.29, 0.717) is 18.4 Å². The van der Waals surface area contributed by atoms with Gasteiger partial charge in [-0.1, -0.05) is 24.3 Å². The van der Waals surface area contributed by atoms with E-state index in [-0.39, 0.29) is 0 Å². The highest BCUT2D eigenvalue weighted by Gasteiger charge is 2.04. The van der Waals surface area contributed by atoms with Gasteiger partial charge in [-0.25, -0.2) is 0 Å². The molecule has 0 radical (unpaired) electrons. The van der Waals surface area contributed by atoms with Crippen molar-refractivity contribution in [2.45, 2.75) is 26.2 Å². The minimum atomic E-state index is 0.313. The molecule has 0 heterocycles. The van der Waals surface area contributed by atoms with Crippen molar-refractivity contribution in [1.29, 1.82) is 5.41 Å². The van der Waals surface area contributed by atoms with Crippen LogP contribution >= 0.6 is 0 Å². The summed E-state index contributed by atoms with van der Waals surface area (Å²) in [5, 5.41) is 7.10. The number of nitrogens with one attached hydrogen (secondary N) is 1. The lowest BCUT2D eigenvalue weighted by Crippen LogP contribution is -2.04. The van der Waals surface area contributed by atoms with Crippen LogP contribution in [0.15, 0.2) is 24.3 Å². The molecule has 0 bridgehead atoms. The summed E-state index contributed by atoms with van der Waals surface area (Å²) in [6, 6.07) is 0. The molecule has 0 aliphatic heterocycles. The van der Waals surface area contributed by atoms with Crippen LogP contribution in [0.4, 0.5) is 0 Å². The molecule has 0 saturated heterocycles. The van der Waals surface area contributed by atoms with Crippen molar-refractivity contribution in [1.82, 2.24) is 0 Å². The van der Waals surface area contributed by atoms with Crippen molar-refractivity contribution in [3.8, 4) is 0 Å². The van der Waals surface area contributed by atoms with Crippen LogP contribution in [0.5, 0.6) is 0 Å². The van der Waals surface area contributed by atoms with Gasteiger partial charge in [-0.05, 0) is 25.2 Å². The minimum Gasteiger partial charge on any atom is -0.481 e. The van der Waals surface area contributed by atoms with Gasteiger partial charge in [-0.2, -0.15) is 0 Å². The quantitative estimate of drug-likeness (QED) is 0.403. The summed E-state index contributed by atoms with van der Waals surface area (Å²) in [6.07, 6.45) is 12.0. The molecule has 0 saturated carbocycles. The molecule has 1 rings (SSSR count). The maximum absolute atomic E-state index is 7.10. The molecule has 0 aromatic carbocycles. The van der Waals surface area contributed by atoms with Crippen LogP contribution in [-0.2, 0) is 4.74 Å². The van der Waals surface area contributed by atoms with Crippen molar-refractivity contribution in [2.24, 2.45) is 5.92 Å². The molecule has 2 heteroatoms. The maximum Gasteiger partial charge on any atom is 0.177 e. The molecule has 0 amide bonds. The summed E-state index contributed by atoms with van der Waals surface area (Å²) in [5.74, 6) is 0.909. The van der Waals surface area contributed by atoms with Gasteiger partial charge in [0.25, 0.3) is 0 Å². The third kappa shape index (κ3) is 4.51. The van der Waals surface area contributed by atoms with Crippen LogP contribution in [0.25, 0.3) is 0 Å². The molecule has 0 aromatic rings. The molecule has 1 aliphatic rings. The first kappa shape index (κ1) is 10.0. The average molecular weight is 179 g/mol. The third-order valence-corrected chi connectivity index (χ3v) is 2.09. The van der Waals surface area contributed by atoms with Crippen LogP contribution in [-0.4, -0.2) is 12.5 Å². The zero-order chi connectivity index (χ0) is 9.52. The Kier molecular flexibility index (Phi) is 4.30. The van der Waals surface area contributed by atoms with E-state index in [1.54, 1.807) is 6.92 Å². The summed E-state index contributed by atoms with van der Waals surface area (Å²) in [5.41, 5.74) is 0. The summed E-state index contributed by atoms with van der Waals surface area (Å²) >= 11 is 0. The number of rotatable bonds is 3. The predicted octanol–water partition coefficient (Wildman–Crippen LogP) is 2.91. The number of ether oxygens (including phenoxy) is 1. The Labute approximate surface area is 79.8 Å². The highest BCUT2D eigenvalue weighted by molar-refractivity contribution is 5.69. The molecule has 1 N–H and O–H groups in total. The third-order valence-electron chi connectivity index (χ3n) is 2.09. The Balaban J connectivity index is 2.20. The van der Waals surface area contributed by atoms with E-state index in [1.165, 1.54) is 0 Å². The fraction of sp³-hybridized carbons (Fsp3) is 0.545. The van der Waals surface area contributed by atoms with Crippen LogP contribution in [0, 0.1) is 11.3 Å². The normalized spacial score (nSPS) is 21.2. The molecule has 13 heavy (non-hydrogen) atoms. The number of hydrogen-bond donors (Lipinski definition) is 1. The van der Waals surface area contributed by atoms with Gasteiger partial charge < -0.3 is 4.74 Å². The fourth-order valence-electron chi connectivity index (χ4n) is 1.37. The average Bonchev–Trinajstić information content (AvgIpc) is 2.32. The zero-order valence-corrected chi connectivity index (χ0v) is 8.12. The van der Waals surface area contributed by atoms with E-state index < -0.39 is 0 Å². The standard InChI is InChI=1S/C11H17NO/c1-10(12)13-9-8-11-6-4-2-3-5-7-11/h2,4-5,7,11-12H,3,6,8-9H2,1H3. The van der Waals surface area contributed by atoms with Crippen molar-refractivity contribution in [3.63, 3.8) is 0 Å². The smallest absolute Gasteiger partial charge is 0.177 e. The molecule has 1 atom stereocenters. The first-order chi connectivity index (χ1) is 6.29. The Morgan fingerprint density at radius 3 is 3.08 bits per heavy atom. The predicted molar refractivity (Wildman–Crippen MR) is 55.0 cm³/mol. The van der Waals surface area contributed by atoms with Gasteiger partial charge in [-0.3, -0.25) is 5.41 Å². The SMILES string of the molecule is CC(=N)OCCC1C=CCC=CC1. The summed E-state index contributed by atoms with van der Waals surface area (Å²) in [6.45, 7) is 2.33. The topological polar surface area (TPSA) is 33.1 Å². The van der Waals surface area contributed by atoms with Gasteiger partial charge in [0.05, 0.1) is 6.61 Å². The van der Waals surface area contributed by atoms with E-state index in [2.05, 4.69) is 24.3 Å². The highest BCUT2D eigenvalue weighted by atomic mass is 16.5. The van der Waals surface area contributed by atoms with E-state index in [1.807, 2.05) is 0 Å². The fourth-order valence-corrected chi connectivity index (χ4v) is 1.37. The Hall–Kier alpha value is -1.05. The summed E-state index contributed by atoms with van der Waals surface area (Å²) in [4.78, 5) is 0. The van der Waals surface area contributed by atoms with Crippen molar-refractivity contribution in [3.05, 3.63) is 24.3 Å². The second-order valence-corrected chi connectivity index (χ2v) is 3.32. The summed E-state index contributed by atoms with van der Waals surface area (Å²) in [7, 11) is 0. The van der Waals surface area contributed by atoms with E-state index >= 15 is 0 Å². The second kappa shape index (κ2) is 5.57. The van der Waals surface area contributed by atoms with E-state index in [0.717, 1.165) is 19.3 Å². The monoisotopic (exact) mass is 179 g/mol. The maximum atomic E-state index is 7.10. The van der Waals surface area contributed by atoms with E-state index in [9.17, 15) is 0 Å². The van der Waals surface area contributed by atoms with Gasteiger partial charge in [-0.15, -0.1) is 0 Å². The number of hydrogen-bond acceptors (Lipinski definition) is 2.